The quantitative estimate of drug-likeness (QED) is 0.745. The third-order valence-electron chi connectivity index (χ3n) is 6.15. The van der Waals surface area contributed by atoms with Crippen LogP contribution in [0.15, 0.2) is 48.5 Å². The SMILES string of the molecule is COc1cccc(-c2ccc(C(=O)N3CC(S(=O)(=O)C4CCCCC4)C3)cc2)c1. The van der Waals surface area contributed by atoms with Crippen molar-refractivity contribution in [3.63, 3.8) is 0 Å². The van der Waals surface area contributed by atoms with Crippen LogP contribution in [0.2, 0.25) is 0 Å². The summed E-state index contributed by atoms with van der Waals surface area (Å²) in [6.07, 6.45) is 4.68. The Balaban J connectivity index is 1.39. The normalized spacial score (nSPS) is 18.3. The largest absolute Gasteiger partial charge is 0.497 e. The highest BCUT2D eigenvalue weighted by Crippen LogP contribution is 2.31. The van der Waals surface area contributed by atoms with Gasteiger partial charge in [-0.15, -0.1) is 0 Å². The molecule has 29 heavy (non-hydrogen) atoms. The van der Waals surface area contributed by atoms with Gasteiger partial charge in [-0.2, -0.15) is 0 Å². The van der Waals surface area contributed by atoms with Crippen molar-refractivity contribution >= 4 is 15.7 Å². The van der Waals surface area contributed by atoms with Crippen molar-refractivity contribution in [1.29, 1.82) is 0 Å². The first-order valence-corrected chi connectivity index (χ1v) is 11.9. The molecule has 154 valence electrons. The fourth-order valence-corrected chi connectivity index (χ4v) is 6.58. The summed E-state index contributed by atoms with van der Waals surface area (Å²) in [5.74, 6) is 0.686. The van der Waals surface area contributed by atoms with Crippen LogP contribution in [0.4, 0.5) is 0 Å². The minimum Gasteiger partial charge on any atom is -0.497 e. The zero-order valence-electron chi connectivity index (χ0n) is 16.7. The number of carbonyl (C=O) groups is 1. The number of ether oxygens (including phenoxy) is 1. The van der Waals surface area contributed by atoms with Gasteiger partial charge in [-0.05, 0) is 48.2 Å². The van der Waals surface area contributed by atoms with Gasteiger partial charge < -0.3 is 9.64 Å². The highest BCUT2D eigenvalue weighted by molar-refractivity contribution is 7.92. The number of hydrogen-bond donors (Lipinski definition) is 0. The summed E-state index contributed by atoms with van der Waals surface area (Å²) in [6.45, 7) is 0.630. The molecular weight excluding hydrogens is 386 g/mol. The topological polar surface area (TPSA) is 63.7 Å². The molecule has 0 bridgehead atoms. The molecule has 0 atom stereocenters. The first-order chi connectivity index (χ1) is 14.0. The van der Waals surface area contributed by atoms with Crippen LogP contribution in [0.5, 0.6) is 5.75 Å². The van der Waals surface area contributed by atoms with Gasteiger partial charge in [0, 0.05) is 18.7 Å². The Morgan fingerprint density at radius 1 is 0.931 bits per heavy atom. The molecule has 1 amide bonds. The molecule has 1 saturated carbocycles. The maximum Gasteiger partial charge on any atom is 0.253 e. The first-order valence-electron chi connectivity index (χ1n) is 10.3. The van der Waals surface area contributed by atoms with Crippen molar-refractivity contribution in [2.45, 2.75) is 42.6 Å². The van der Waals surface area contributed by atoms with Gasteiger partial charge in [-0.1, -0.05) is 43.5 Å². The molecule has 0 unspecified atom stereocenters. The van der Waals surface area contributed by atoms with E-state index in [1.54, 1.807) is 24.1 Å². The molecule has 5 nitrogen and oxygen atoms in total. The Morgan fingerprint density at radius 3 is 2.28 bits per heavy atom. The zero-order chi connectivity index (χ0) is 20.4. The van der Waals surface area contributed by atoms with E-state index in [2.05, 4.69) is 0 Å². The van der Waals surface area contributed by atoms with E-state index < -0.39 is 15.1 Å². The average molecular weight is 414 g/mol. The fraction of sp³-hybridized carbons (Fsp3) is 0.435. The molecule has 0 radical (unpaired) electrons. The molecule has 6 heteroatoms. The molecule has 0 aromatic heterocycles. The van der Waals surface area contributed by atoms with E-state index in [0.717, 1.165) is 49.0 Å². The van der Waals surface area contributed by atoms with E-state index in [0.29, 0.717) is 18.7 Å². The molecule has 1 aliphatic carbocycles. The minimum absolute atomic E-state index is 0.0997. The summed E-state index contributed by atoms with van der Waals surface area (Å²) in [5, 5.41) is -0.605. The van der Waals surface area contributed by atoms with E-state index in [1.165, 1.54) is 0 Å². The number of rotatable bonds is 5. The molecule has 4 rings (SSSR count). The smallest absolute Gasteiger partial charge is 0.253 e. The Kier molecular flexibility index (Phi) is 5.63. The molecule has 2 fully saturated rings. The lowest BCUT2D eigenvalue weighted by Crippen LogP contribution is -2.58. The van der Waals surface area contributed by atoms with Crippen molar-refractivity contribution in [3.05, 3.63) is 54.1 Å². The van der Waals surface area contributed by atoms with Gasteiger partial charge in [0.25, 0.3) is 5.91 Å². The van der Waals surface area contributed by atoms with Gasteiger partial charge in [-0.3, -0.25) is 4.79 Å². The van der Waals surface area contributed by atoms with Gasteiger partial charge in [-0.25, -0.2) is 8.42 Å². The molecule has 1 saturated heterocycles. The number of nitrogens with zero attached hydrogens (tertiary/aromatic N) is 1. The Bertz CT molecular complexity index is 972. The van der Waals surface area contributed by atoms with Gasteiger partial charge in [0.2, 0.25) is 0 Å². The lowest BCUT2D eigenvalue weighted by molar-refractivity contribution is 0.0658. The van der Waals surface area contributed by atoms with Gasteiger partial charge in [0.1, 0.15) is 5.75 Å². The number of methoxy groups -OCH3 is 1. The van der Waals surface area contributed by atoms with Crippen LogP contribution in [0.1, 0.15) is 42.5 Å². The second-order valence-electron chi connectivity index (χ2n) is 7.99. The lowest BCUT2D eigenvalue weighted by Gasteiger charge is -2.40. The molecule has 2 aliphatic rings. The van der Waals surface area contributed by atoms with E-state index in [9.17, 15) is 13.2 Å². The highest BCUT2D eigenvalue weighted by Gasteiger charge is 2.43. The van der Waals surface area contributed by atoms with E-state index >= 15 is 0 Å². The molecule has 1 heterocycles. The van der Waals surface area contributed by atoms with Crippen LogP contribution in [0.3, 0.4) is 0 Å². The number of amides is 1. The van der Waals surface area contributed by atoms with Crippen molar-refractivity contribution in [1.82, 2.24) is 4.90 Å². The molecular formula is C23H27NO4S. The maximum absolute atomic E-state index is 12.8. The van der Waals surface area contributed by atoms with Crippen LogP contribution < -0.4 is 4.74 Å². The first kappa shape index (κ1) is 20.0. The summed E-state index contributed by atoms with van der Waals surface area (Å²) in [6, 6.07) is 15.2. The Hall–Kier alpha value is -2.34. The number of benzene rings is 2. The number of hydrogen-bond acceptors (Lipinski definition) is 4. The standard InChI is InChI=1S/C23H27NO4S/c1-28-20-7-5-6-19(14-20)17-10-12-18(13-11-17)23(25)24-15-22(16-24)29(26,27)21-8-3-2-4-9-21/h5-7,10-14,21-22H,2-4,8-9,15-16H2,1H3. The van der Waals surface area contributed by atoms with Crippen molar-refractivity contribution in [3.8, 4) is 16.9 Å². The van der Waals surface area contributed by atoms with Gasteiger partial charge >= 0.3 is 0 Å². The van der Waals surface area contributed by atoms with Gasteiger partial charge in [0.15, 0.2) is 9.84 Å². The molecule has 1 aliphatic heterocycles. The van der Waals surface area contributed by atoms with Crippen LogP contribution in [0.25, 0.3) is 11.1 Å². The molecule has 2 aromatic rings. The molecule has 0 spiro atoms. The maximum atomic E-state index is 12.8. The second-order valence-corrected chi connectivity index (χ2v) is 10.5. The third kappa shape index (κ3) is 4.04. The zero-order valence-corrected chi connectivity index (χ0v) is 17.5. The van der Waals surface area contributed by atoms with Crippen molar-refractivity contribution in [2.24, 2.45) is 0 Å². The van der Waals surface area contributed by atoms with Crippen LogP contribution >= 0.6 is 0 Å². The predicted octanol–water partition coefficient (Wildman–Crippen LogP) is 3.93. The molecule has 2 aromatic carbocycles. The van der Waals surface area contributed by atoms with Crippen molar-refractivity contribution < 1.29 is 17.9 Å². The summed E-state index contributed by atoms with van der Waals surface area (Å²) < 4.78 is 30.8. The second kappa shape index (κ2) is 8.19. The summed E-state index contributed by atoms with van der Waals surface area (Å²) in [5.41, 5.74) is 2.61. The van der Waals surface area contributed by atoms with Crippen LogP contribution in [-0.4, -0.2) is 49.9 Å². The van der Waals surface area contributed by atoms with E-state index in [-0.39, 0.29) is 11.2 Å². The minimum atomic E-state index is -3.13. The lowest BCUT2D eigenvalue weighted by atomic mass is 10.0. The van der Waals surface area contributed by atoms with Crippen LogP contribution in [-0.2, 0) is 9.84 Å². The van der Waals surface area contributed by atoms with E-state index in [1.807, 2.05) is 36.4 Å². The summed E-state index contributed by atoms with van der Waals surface area (Å²) in [7, 11) is -1.49. The number of sulfone groups is 1. The summed E-state index contributed by atoms with van der Waals surface area (Å²) in [4.78, 5) is 14.4. The van der Waals surface area contributed by atoms with E-state index in [4.69, 9.17) is 4.74 Å². The Labute approximate surface area is 172 Å². The fourth-order valence-electron chi connectivity index (χ4n) is 4.27. The van der Waals surface area contributed by atoms with Crippen LogP contribution in [0, 0.1) is 0 Å². The third-order valence-corrected chi connectivity index (χ3v) is 8.78. The predicted molar refractivity (Wildman–Crippen MR) is 114 cm³/mol. The molecule has 0 N–H and O–H groups in total. The monoisotopic (exact) mass is 413 g/mol. The van der Waals surface area contributed by atoms with Crippen molar-refractivity contribution in [2.75, 3.05) is 20.2 Å². The Morgan fingerprint density at radius 2 is 1.62 bits per heavy atom. The number of carbonyl (C=O) groups excluding carboxylic acids is 1. The number of likely N-dealkylation sites (tertiary alicyclic amines) is 1. The summed E-state index contributed by atoms with van der Waals surface area (Å²) >= 11 is 0. The van der Waals surface area contributed by atoms with Gasteiger partial charge in [0.05, 0.1) is 17.6 Å². The average Bonchev–Trinajstić information content (AvgIpc) is 2.73. The highest BCUT2D eigenvalue weighted by atomic mass is 32.2.